The molecule has 0 aliphatic heterocycles. The molecule has 1 radical (unpaired) electrons. The minimum atomic E-state index is 0. The van der Waals surface area contributed by atoms with Crippen LogP contribution in [-0.2, 0) is 39.0 Å². The molecule has 0 saturated carbocycles. The maximum Gasteiger partial charge on any atom is 3.00 e. The molecule has 137 valence electrons. The second-order valence-corrected chi connectivity index (χ2v) is 6.53. The summed E-state index contributed by atoms with van der Waals surface area (Å²) in [5, 5.41) is 2.79. The van der Waals surface area contributed by atoms with Crippen molar-refractivity contribution in [2.75, 3.05) is 0 Å². The van der Waals surface area contributed by atoms with E-state index >= 15 is 0 Å². The summed E-state index contributed by atoms with van der Waals surface area (Å²) in [6.07, 6.45) is 7.63. The summed E-state index contributed by atoms with van der Waals surface area (Å²) in [5.41, 5.74) is 5.59. The Bertz CT molecular complexity index is 759. The molecule has 3 aromatic rings. The van der Waals surface area contributed by atoms with Crippen molar-refractivity contribution in [1.82, 2.24) is 0 Å². The molecule has 0 amide bonds. The molecule has 3 heteroatoms. The predicted molar refractivity (Wildman–Crippen MR) is 102 cm³/mol. The van der Waals surface area contributed by atoms with E-state index in [-0.39, 0.29) is 51.0 Å². The van der Waals surface area contributed by atoms with Crippen LogP contribution in [0.15, 0.2) is 54.6 Å². The number of halogens is 2. The molecule has 0 atom stereocenters. The molecule has 0 bridgehead atoms. The van der Waals surface area contributed by atoms with Crippen LogP contribution in [0.25, 0.3) is 21.9 Å². The van der Waals surface area contributed by atoms with Gasteiger partial charge in [0, 0.05) is 0 Å². The molecule has 3 rings (SSSR count). The van der Waals surface area contributed by atoms with E-state index in [1.807, 2.05) is 0 Å². The fraction of sp³-hybridized carbons (Fsp3) is 0.348. The van der Waals surface area contributed by atoms with Gasteiger partial charge in [0.05, 0.1) is 0 Å². The van der Waals surface area contributed by atoms with Gasteiger partial charge < -0.3 is 24.8 Å². The number of unbranched alkanes of at least 4 members (excludes halogenated alkanes) is 3. The molecule has 0 nitrogen and oxygen atoms in total. The summed E-state index contributed by atoms with van der Waals surface area (Å²) in [7, 11) is 0. The number of rotatable bonds is 7. The Morgan fingerprint density at radius 2 is 1.58 bits per heavy atom. The first-order valence-electron chi connectivity index (χ1n) is 9.09. The summed E-state index contributed by atoms with van der Waals surface area (Å²) in [5.74, 6) is 0. The van der Waals surface area contributed by atoms with Crippen molar-refractivity contribution < 1.29 is 51.0 Å². The smallest absolute Gasteiger partial charge is 1.00 e. The van der Waals surface area contributed by atoms with Gasteiger partial charge in [0.15, 0.2) is 0 Å². The van der Waals surface area contributed by atoms with Crippen LogP contribution in [0.3, 0.4) is 0 Å². The second kappa shape index (κ2) is 12.8. The Morgan fingerprint density at radius 1 is 0.846 bits per heavy atom. The van der Waals surface area contributed by atoms with Crippen molar-refractivity contribution in [3.63, 3.8) is 0 Å². The first kappa shape index (κ1) is 25.5. The summed E-state index contributed by atoms with van der Waals surface area (Å²) < 4.78 is 0. The molecule has 26 heavy (non-hydrogen) atoms. The summed E-state index contributed by atoms with van der Waals surface area (Å²) in [6, 6.07) is 20.5. The van der Waals surface area contributed by atoms with Crippen molar-refractivity contribution in [2.24, 2.45) is 0 Å². The van der Waals surface area contributed by atoms with Crippen LogP contribution >= 0.6 is 0 Å². The van der Waals surface area contributed by atoms with Gasteiger partial charge in [0.1, 0.15) is 0 Å². The van der Waals surface area contributed by atoms with Crippen LogP contribution in [0.1, 0.15) is 50.7 Å². The molecule has 0 spiro atoms. The van der Waals surface area contributed by atoms with E-state index in [4.69, 9.17) is 0 Å². The van der Waals surface area contributed by atoms with Crippen LogP contribution in [-0.4, -0.2) is 0 Å². The van der Waals surface area contributed by atoms with Gasteiger partial charge in [0.2, 0.25) is 0 Å². The minimum Gasteiger partial charge on any atom is -1.00 e. The van der Waals surface area contributed by atoms with E-state index in [9.17, 15) is 0 Å². The molecule has 0 heterocycles. The van der Waals surface area contributed by atoms with E-state index in [1.54, 1.807) is 0 Å². The predicted octanol–water partition coefficient (Wildman–Crippen LogP) is 0.916. The van der Waals surface area contributed by atoms with E-state index in [1.165, 1.54) is 65.1 Å². The quantitative estimate of drug-likeness (QED) is 0.360. The molecule has 0 N–H and O–H groups in total. The van der Waals surface area contributed by atoms with Crippen LogP contribution < -0.4 is 24.8 Å². The van der Waals surface area contributed by atoms with Gasteiger partial charge in [0.25, 0.3) is 0 Å². The van der Waals surface area contributed by atoms with E-state index < -0.39 is 0 Å². The molecule has 0 aliphatic rings. The topological polar surface area (TPSA) is 0 Å². The molecule has 0 saturated heterocycles. The summed E-state index contributed by atoms with van der Waals surface area (Å²) in [6.45, 7) is 4.48. The van der Waals surface area contributed by atoms with Gasteiger partial charge in [-0.1, -0.05) is 75.4 Å². The number of aryl methyl sites for hydroxylation is 2. The first-order chi connectivity index (χ1) is 11.3. The maximum absolute atomic E-state index is 2.41. The Labute approximate surface area is 190 Å². The molecule has 0 unspecified atom stereocenters. The number of hydrogen-bond donors (Lipinski definition) is 0. The van der Waals surface area contributed by atoms with Gasteiger partial charge in [-0.2, -0.15) is 6.07 Å². The maximum atomic E-state index is 2.41. The van der Waals surface area contributed by atoms with Crippen LogP contribution in [0.4, 0.5) is 0 Å². The second-order valence-electron chi connectivity index (χ2n) is 6.53. The minimum absolute atomic E-state index is 0. The summed E-state index contributed by atoms with van der Waals surface area (Å²) >= 11 is 0. The Balaban J connectivity index is 0.00000208. The Morgan fingerprint density at radius 3 is 2.23 bits per heavy atom. The number of fused-ring (bicyclic) bond motifs is 1. The van der Waals surface area contributed by atoms with Crippen molar-refractivity contribution in [1.29, 1.82) is 0 Å². The van der Waals surface area contributed by atoms with E-state index in [0.717, 1.165) is 6.42 Å². The third kappa shape index (κ3) is 6.29. The fourth-order valence-corrected chi connectivity index (χ4v) is 3.37. The third-order valence-electron chi connectivity index (χ3n) is 4.80. The van der Waals surface area contributed by atoms with Crippen molar-refractivity contribution in [3.05, 3.63) is 65.7 Å². The molecular formula is C23H27Cl2Zr. The van der Waals surface area contributed by atoms with Gasteiger partial charge >= 0.3 is 26.2 Å². The SMILES string of the molecule is CCCCCCc1cc2c(-c3ccc(CC)cc3)cccc2[cH-]1.[Cl-].[Cl-].[Zr+3]. The normalized spacial score (nSPS) is 9.92. The summed E-state index contributed by atoms with van der Waals surface area (Å²) in [4.78, 5) is 0. The first-order valence-corrected chi connectivity index (χ1v) is 9.09. The van der Waals surface area contributed by atoms with Crippen molar-refractivity contribution in [2.45, 2.75) is 52.4 Å². The van der Waals surface area contributed by atoms with Gasteiger partial charge in [-0.25, -0.2) is 0 Å². The van der Waals surface area contributed by atoms with Gasteiger partial charge in [-0.15, -0.1) is 34.5 Å². The van der Waals surface area contributed by atoms with Crippen molar-refractivity contribution in [3.8, 4) is 11.1 Å². The standard InChI is InChI=1S/C23H27.2ClH.Zr/c1-3-5-6-7-9-19-16-21-10-8-11-22(23(21)17-19)20-14-12-18(4-2)13-15-20;;;/h8,10-17H,3-7,9H2,1-2H3;2*1H;/q-1;;;+3/p-2. The van der Waals surface area contributed by atoms with Crippen LogP contribution in [0.2, 0.25) is 0 Å². The number of benzene rings is 2. The molecular weight excluding hydrogens is 438 g/mol. The molecule has 0 fully saturated rings. The zero-order valence-corrected chi connectivity index (χ0v) is 19.7. The van der Waals surface area contributed by atoms with Crippen LogP contribution in [0, 0.1) is 0 Å². The van der Waals surface area contributed by atoms with Gasteiger partial charge in [-0.05, 0) is 24.0 Å². The fourth-order valence-electron chi connectivity index (χ4n) is 3.37. The molecule has 3 aromatic carbocycles. The van der Waals surface area contributed by atoms with E-state index in [2.05, 4.69) is 68.4 Å². The average molecular weight is 466 g/mol. The Hall–Kier alpha value is -0.487. The zero-order chi connectivity index (χ0) is 16.1. The monoisotopic (exact) mass is 463 g/mol. The Kier molecular flexibility index (Phi) is 12.6. The molecule has 0 aliphatic carbocycles. The zero-order valence-electron chi connectivity index (χ0n) is 15.7. The largest absolute Gasteiger partial charge is 3.00 e. The molecule has 0 aromatic heterocycles. The third-order valence-corrected chi connectivity index (χ3v) is 4.80. The average Bonchev–Trinajstić information content (AvgIpc) is 3.02. The van der Waals surface area contributed by atoms with Crippen molar-refractivity contribution >= 4 is 10.8 Å². The van der Waals surface area contributed by atoms with Crippen LogP contribution in [0.5, 0.6) is 0 Å². The number of hydrogen-bond acceptors (Lipinski definition) is 0. The van der Waals surface area contributed by atoms with Gasteiger partial charge in [-0.3, -0.25) is 0 Å². The van der Waals surface area contributed by atoms with E-state index in [0.29, 0.717) is 0 Å².